The van der Waals surface area contributed by atoms with E-state index in [-0.39, 0.29) is 30.7 Å². The van der Waals surface area contributed by atoms with E-state index in [2.05, 4.69) is 17.2 Å². The number of nitrogens with one attached hydrogen (secondary N) is 1. The molecule has 1 aromatic heterocycles. The molecule has 156 valence electrons. The molecule has 0 aliphatic carbocycles. The van der Waals surface area contributed by atoms with E-state index in [4.69, 9.17) is 4.74 Å². The lowest BCUT2D eigenvalue weighted by Gasteiger charge is -2.34. The third kappa shape index (κ3) is 6.08. The lowest BCUT2D eigenvalue weighted by atomic mass is 10.0. The van der Waals surface area contributed by atoms with E-state index < -0.39 is 0 Å². The summed E-state index contributed by atoms with van der Waals surface area (Å²) in [5.74, 6) is 0.913. The molecule has 0 atom stereocenters. The molecule has 1 N–H and O–H groups in total. The van der Waals surface area contributed by atoms with Crippen molar-refractivity contribution in [1.82, 2.24) is 15.2 Å². The topological polar surface area (TPSA) is 54.5 Å². The van der Waals surface area contributed by atoms with Crippen LogP contribution in [0.3, 0.4) is 0 Å². The van der Waals surface area contributed by atoms with Gasteiger partial charge in [-0.25, -0.2) is 4.98 Å². The van der Waals surface area contributed by atoms with E-state index in [9.17, 15) is 4.79 Å². The highest BCUT2D eigenvalue weighted by atomic mass is 35.5. The number of rotatable bonds is 7. The minimum absolute atomic E-state index is 0. The molecular weight excluding hydrogens is 417 g/mol. The van der Waals surface area contributed by atoms with Crippen molar-refractivity contribution in [3.05, 3.63) is 35.3 Å². The maximum Gasteiger partial charge on any atom is 0.273 e. The normalized spacial score (nSPS) is 13.9. The van der Waals surface area contributed by atoms with Gasteiger partial charge >= 0.3 is 0 Å². The predicted octanol–water partition coefficient (Wildman–Crippen LogP) is 4.66. The van der Waals surface area contributed by atoms with Crippen molar-refractivity contribution in [2.75, 3.05) is 26.2 Å². The van der Waals surface area contributed by atoms with Crippen LogP contribution in [0.15, 0.2) is 29.6 Å². The summed E-state index contributed by atoms with van der Waals surface area (Å²) in [6.07, 6.45) is 2.99. The smallest absolute Gasteiger partial charge is 0.273 e. The van der Waals surface area contributed by atoms with Crippen molar-refractivity contribution in [3.63, 3.8) is 0 Å². The number of ether oxygens (including phenoxy) is 1. The van der Waals surface area contributed by atoms with Crippen LogP contribution in [-0.2, 0) is 0 Å². The van der Waals surface area contributed by atoms with E-state index in [1.54, 1.807) is 0 Å². The molecule has 1 aromatic carbocycles. The van der Waals surface area contributed by atoms with E-state index in [0.29, 0.717) is 18.3 Å². The van der Waals surface area contributed by atoms with Crippen LogP contribution in [0.1, 0.15) is 43.6 Å². The number of carbonyl (C=O) groups is 1. The quantitative estimate of drug-likeness (QED) is 0.673. The molecule has 0 bridgehead atoms. The Morgan fingerprint density at radius 1 is 1.21 bits per heavy atom. The van der Waals surface area contributed by atoms with E-state index in [1.807, 2.05) is 41.5 Å². The Labute approximate surface area is 183 Å². The molecule has 0 radical (unpaired) electrons. The summed E-state index contributed by atoms with van der Waals surface area (Å²) in [5.41, 5.74) is 1.58. The first-order valence-corrected chi connectivity index (χ1v) is 10.3. The fourth-order valence-corrected chi connectivity index (χ4v) is 4.12. The first-order chi connectivity index (χ1) is 12.7. The molecule has 0 saturated carbocycles. The van der Waals surface area contributed by atoms with Crippen molar-refractivity contribution in [2.45, 2.75) is 39.2 Å². The minimum Gasteiger partial charge on any atom is -0.494 e. The lowest BCUT2D eigenvalue weighted by Crippen LogP contribution is -2.46. The molecule has 2 aromatic rings. The first-order valence-electron chi connectivity index (χ1n) is 9.43. The Bertz CT molecular complexity index is 718. The van der Waals surface area contributed by atoms with Crippen molar-refractivity contribution in [1.29, 1.82) is 0 Å². The van der Waals surface area contributed by atoms with Gasteiger partial charge in [0.1, 0.15) is 16.5 Å². The average molecular weight is 446 g/mol. The molecular formula is C20H29Cl2N3O2S. The molecule has 0 unspecified atom stereocenters. The van der Waals surface area contributed by atoms with Gasteiger partial charge in [-0.2, -0.15) is 0 Å². The van der Waals surface area contributed by atoms with Crippen molar-refractivity contribution in [2.24, 2.45) is 0 Å². The molecule has 0 spiro atoms. The Kier molecular flexibility index (Phi) is 10.8. The summed E-state index contributed by atoms with van der Waals surface area (Å²) in [6, 6.07) is 8.20. The molecule has 1 saturated heterocycles. The highest BCUT2D eigenvalue weighted by molar-refractivity contribution is 7.13. The highest BCUT2D eigenvalue weighted by Gasteiger charge is 2.27. The molecule has 1 aliphatic heterocycles. The van der Waals surface area contributed by atoms with Gasteiger partial charge in [0.05, 0.1) is 6.61 Å². The van der Waals surface area contributed by atoms with Gasteiger partial charge in [-0.15, -0.1) is 36.2 Å². The van der Waals surface area contributed by atoms with Crippen LogP contribution < -0.4 is 10.1 Å². The number of hydrogen-bond acceptors (Lipinski definition) is 5. The van der Waals surface area contributed by atoms with Gasteiger partial charge in [0.2, 0.25) is 0 Å². The predicted molar refractivity (Wildman–Crippen MR) is 120 cm³/mol. The number of piperidine rings is 1. The Balaban J connectivity index is 0.00000196. The molecule has 8 heteroatoms. The average Bonchev–Trinajstić information content (AvgIpc) is 3.17. The summed E-state index contributed by atoms with van der Waals surface area (Å²) in [4.78, 5) is 19.7. The van der Waals surface area contributed by atoms with Gasteiger partial charge in [0.15, 0.2) is 0 Å². The standard InChI is InChI=1S/C20H27N3O2S.2ClH/c1-3-13-23(16-9-11-21-12-10-16)20(24)18-14-26-19(22-18)15-5-7-17(8-6-15)25-4-2;;/h5-8,14,16,21H,3-4,9-13H2,1-2H3;2*1H. The highest BCUT2D eigenvalue weighted by Crippen LogP contribution is 2.27. The van der Waals surface area contributed by atoms with Gasteiger partial charge in [-0.3, -0.25) is 4.79 Å². The van der Waals surface area contributed by atoms with Gasteiger partial charge in [0.25, 0.3) is 5.91 Å². The monoisotopic (exact) mass is 445 g/mol. The molecule has 3 rings (SSSR count). The summed E-state index contributed by atoms with van der Waals surface area (Å²) in [7, 11) is 0. The van der Waals surface area contributed by atoms with Crippen LogP contribution in [0.4, 0.5) is 0 Å². The number of aromatic nitrogens is 1. The molecule has 1 fully saturated rings. The number of carbonyl (C=O) groups excluding carboxylic acids is 1. The number of benzene rings is 1. The van der Waals surface area contributed by atoms with Gasteiger partial charge < -0.3 is 15.0 Å². The molecule has 2 heterocycles. The Morgan fingerprint density at radius 3 is 2.50 bits per heavy atom. The largest absolute Gasteiger partial charge is 0.494 e. The zero-order chi connectivity index (χ0) is 18.4. The van der Waals surface area contributed by atoms with E-state index in [1.165, 1.54) is 11.3 Å². The number of nitrogens with zero attached hydrogens (tertiary/aromatic N) is 2. The van der Waals surface area contributed by atoms with Crippen LogP contribution in [0.5, 0.6) is 5.75 Å². The van der Waals surface area contributed by atoms with Crippen LogP contribution >= 0.6 is 36.2 Å². The number of amides is 1. The summed E-state index contributed by atoms with van der Waals surface area (Å²) in [6.45, 7) is 7.49. The van der Waals surface area contributed by atoms with Crippen LogP contribution in [0, 0.1) is 0 Å². The SMILES string of the molecule is CCCN(C(=O)c1csc(-c2ccc(OCC)cc2)n1)C1CCNCC1.Cl.Cl. The second-order valence-electron chi connectivity index (χ2n) is 6.48. The van der Waals surface area contributed by atoms with Gasteiger partial charge in [-0.1, -0.05) is 6.92 Å². The van der Waals surface area contributed by atoms with Crippen molar-refractivity contribution < 1.29 is 9.53 Å². The second-order valence-corrected chi connectivity index (χ2v) is 7.33. The number of halogens is 2. The van der Waals surface area contributed by atoms with Crippen molar-refractivity contribution >= 4 is 42.1 Å². The molecule has 28 heavy (non-hydrogen) atoms. The third-order valence-corrected chi connectivity index (χ3v) is 5.50. The maximum absolute atomic E-state index is 13.0. The minimum atomic E-state index is 0. The van der Waals surface area contributed by atoms with Crippen molar-refractivity contribution in [3.8, 4) is 16.3 Å². The van der Waals surface area contributed by atoms with E-state index in [0.717, 1.165) is 55.2 Å². The summed E-state index contributed by atoms with van der Waals surface area (Å²) < 4.78 is 5.48. The molecule has 1 aliphatic rings. The van der Waals surface area contributed by atoms with Gasteiger partial charge in [0, 0.05) is 23.5 Å². The zero-order valence-corrected chi connectivity index (χ0v) is 18.8. The van der Waals surface area contributed by atoms with Crippen LogP contribution in [0.2, 0.25) is 0 Å². The summed E-state index contributed by atoms with van der Waals surface area (Å²) >= 11 is 1.52. The fourth-order valence-electron chi connectivity index (χ4n) is 3.32. The van der Waals surface area contributed by atoms with E-state index >= 15 is 0 Å². The maximum atomic E-state index is 13.0. The third-order valence-electron chi connectivity index (χ3n) is 4.61. The molecule has 5 nitrogen and oxygen atoms in total. The fraction of sp³-hybridized carbons (Fsp3) is 0.500. The number of thiazole rings is 1. The second kappa shape index (κ2) is 12.3. The summed E-state index contributed by atoms with van der Waals surface area (Å²) in [5, 5.41) is 6.13. The van der Waals surface area contributed by atoms with Crippen LogP contribution in [0.25, 0.3) is 10.6 Å². The number of hydrogen-bond donors (Lipinski definition) is 1. The Hall–Kier alpha value is -1.34. The molecule has 1 amide bonds. The zero-order valence-electron chi connectivity index (χ0n) is 16.3. The Morgan fingerprint density at radius 2 is 1.89 bits per heavy atom. The van der Waals surface area contributed by atoms with Gasteiger partial charge in [-0.05, 0) is 63.5 Å². The first kappa shape index (κ1) is 24.7. The lowest BCUT2D eigenvalue weighted by molar-refractivity contribution is 0.0637. The van der Waals surface area contributed by atoms with Crippen LogP contribution in [-0.4, -0.2) is 48.1 Å².